The molecule has 2 aromatic carbocycles. The molecule has 1 aliphatic carbocycles. The topological polar surface area (TPSA) is 79.0 Å². The lowest BCUT2D eigenvalue weighted by Gasteiger charge is -2.44. The molecule has 7 nitrogen and oxygen atoms in total. The van der Waals surface area contributed by atoms with E-state index in [1.54, 1.807) is 18.2 Å². The summed E-state index contributed by atoms with van der Waals surface area (Å²) in [6, 6.07) is 9.99. The Bertz CT molecular complexity index is 1320. The second-order valence-electron chi connectivity index (χ2n) is 10.6. The standard InChI is InChI=1S/C28H28Cl2F3N3O4/c1-35(26(39)40-19-5-3-18(31)4-6-19)27(15-34-14-21(27)17-2-7-22(29)23(30)12-17)24(37)16-8-10-36(11-9-16)25(38)20-13-28(20,32)33/h2-7,12,16,20-21,34H,8-11,13-15H2,1H3/t20?,21-,27+/m0/s1. The maximum absolute atomic E-state index is 14.4. The predicted octanol–water partition coefficient (Wildman–Crippen LogP) is 5.15. The molecule has 40 heavy (non-hydrogen) atoms. The van der Waals surface area contributed by atoms with Crippen molar-refractivity contribution in [3.63, 3.8) is 0 Å². The van der Waals surface area contributed by atoms with Crippen molar-refractivity contribution in [3.8, 4) is 5.75 Å². The van der Waals surface area contributed by atoms with Crippen LogP contribution < -0.4 is 10.1 Å². The highest BCUT2D eigenvalue weighted by Gasteiger charge is 2.62. The molecule has 214 valence electrons. The van der Waals surface area contributed by atoms with E-state index >= 15 is 0 Å². The average molecular weight is 598 g/mol. The number of hydrogen-bond donors (Lipinski definition) is 1. The molecule has 2 saturated heterocycles. The lowest BCUT2D eigenvalue weighted by atomic mass is 9.72. The van der Waals surface area contributed by atoms with Crippen molar-refractivity contribution in [3.05, 3.63) is 63.9 Å². The van der Waals surface area contributed by atoms with Crippen LogP contribution in [0, 0.1) is 17.7 Å². The summed E-state index contributed by atoms with van der Waals surface area (Å²) in [7, 11) is 1.48. The number of likely N-dealkylation sites (N-methyl/N-ethyl adjacent to an activating group) is 1. The largest absolute Gasteiger partial charge is 0.415 e. The highest BCUT2D eigenvalue weighted by molar-refractivity contribution is 6.42. The van der Waals surface area contributed by atoms with Crippen LogP contribution >= 0.6 is 23.2 Å². The van der Waals surface area contributed by atoms with Gasteiger partial charge in [0.05, 0.1) is 10.0 Å². The first-order valence-corrected chi connectivity index (χ1v) is 13.8. The van der Waals surface area contributed by atoms with Crippen molar-refractivity contribution in [2.24, 2.45) is 11.8 Å². The Hall–Kier alpha value is -2.82. The van der Waals surface area contributed by atoms with E-state index in [1.165, 1.54) is 29.0 Å². The smallest absolute Gasteiger partial charge is 0.410 e. The molecular formula is C28H28Cl2F3N3O4. The number of likely N-dealkylation sites (tertiary alicyclic amines) is 1. The summed E-state index contributed by atoms with van der Waals surface area (Å²) in [6.07, 6.45) is -0.692. The normalized spacial score (nSPS) is 25.9. The monoisotopic (exact) mass is 597 g/mol. The Balaban J connectivity index is 1.42. The van der Waals surface area contributed by atoms with Gasteiger partial charge in [-0.2, -0.15) is 0 Å². The van der Waals surface area contributed by atoms with E-state index in [4.69, 9.17) is 27.9 Å². The number of alkyl halides is 2. The Morgan fingerprint density at radius 3 is 2.30 bits per heavy atom. The zero-order valence-corrected chi connectivity index (χ0v) is 23.2. The molecule has 1 saturated carbocycles. The van der Waals surface area contributed by atoms with Crippen LogP contribution in [0.4, 0.5) is 18.0 Å². The SMILES string of the molecule is CN(C(=O)Oc1ccc(F)cc1)[C@]1(C(=O)C2CCN(C(=O)C3CC3(F)F)CC2)CNC[C@H]1c1ccc(Cl)c(Cl)c1. The molecule has 2 aromatic rings. The van der Waals surface area contributed by atoms with E-state index in [-0.39, 0.29) is 44.0 Å². The number of nitrogens with one attached hydrogen (secondary N) is 1. The van der Waals surface area contributed by atoms with E-state index in [2.05, 4.69) is 5.32 Å². The number of ketones is 1. The summed E-state index contributed by atoms with van der Waals surface area (Å²) < 4.78 is 45.8. The molecule has 3 aliphatic rings. The van der Waals surface area contributed by atoms with Crippen molar-refractivity contribution in [2.75, 3.05) is 33.2 Å². The molecule has 2 aliphatic heterocycles. The third-order valence-electron chi connectivity index (χ3n) is 8.28. The predicted molar refractivity (Wildman–Crippen MR) is 142 cm³/mol. The zero-order chi connectivity index (χ0) is 28.8. The number of ether oxygens (including phenoxy) is 1. The molecular weight excluding hydrogens is 570 g/mol. The third kappa shape index (κ3) is 5.29. The quantitative estimate of drug-likeness (QED) is 0.498. The van der Waals surface area contributed by atoms with Gasteiger partial charge in [-0.25, -0.2) is 18.0 Å². The first-order valence-electron chi connectivity index (χ1n) is 13.0. The number of hydrogen-bond acceptors (Lipinski definition) is 5. The molecule has 0 bridgehead atoms. The van der Waals surface area contributed by atoms with Crippen LogP contribution in [0.25, 0.3) is 0 Å². The van der Waals surface area contributed by atoms with E-state index in [1.807, 2.05) is 0 Å². The molecule has 3 atom stereocenters. The van der Waals surface area contributed by atoms with Gasteiger partial charge in [-0.05, 0) is 54.8 Å². The number of rotatable bonds is 6. The fourth-order valence-corrected chi connectivity index (χ4v) is 6.16. The van der Waals surface area contributed by atoms with Crippen LogP contribution in [0.15, 0.2) is 42.5 Å². The average Bonchev–Trinajstić information content (AvgIpc) is 3.36. The Labute approximate surface area is 239 Å². The number of carbonyl (C=O) groups excluding carboxylic acids is 3. The second kappa shape index (κ2) is 10.9. The van der Waals surface area contributed by atoms with Crippen LogP contribution in [-0.2, 0) is 9.59 Å². The van der Waals surface area contributed by atoms with Gasteiger partial charge in [0.25, 0.3) is 5.92 Å². The van der Waals surface area contributed by atoms with Gasteiger partial charge in [-0.1, -0.05) is 29.3 Å². The number of halogens is 5. The summed E-state index contributed by atoms with van der Waals surface area (Å²) in [4.78, 5) is 43.0. The molecule has 1 unspecified atom stereocenters. The van der Waals surface area contributed by atoms with Gasteiger partial charge in [0, 0.05) is 51.5 Å². The molecule has 0 radical (unpaired) electrons. The number of benzene rings is 2. The molecule has 1 N–H and O–H groups in total. The number of piperidine rings is 1. The Kier molecular flexibility index (Phi) is 7.80. The summed E-state index contributed by atoms with van der Waals surface area (Å²) in [5.74, 6) is -6.48. The van der Waals surface area contributed by atoms with Crippen LogP contribution in [-0.4, -0.2) is 72.3 Å². The van der Waals surface area contributed by atoms with E-state index in [0.29, 0.717) is 22.2 Å². The summed E-state index contributed by atoms with van der Waals surface area (Å²) in [6.45, 7) is 0.824. The number of nitrogens with zero attached hydrogens (tertiary/aromatic N) is 2. The van der Waals surface area contributed by atoms with Gasteiger partial charge >= 0.3 is 6.09 Å². The fraction of sp³-hybridized carbons (Fsp3) is 0.464. The van der Waals surface area contributed by atoms with Crippen LogP contribution in [0.3, 0.4) is 0 Å². The van der Waals surface area contributed by atoms with Gasteiger partial charge in [-0.3, -0.25) is 14.5 Å². The highest BCUT2D eigenvalue weighted by atomic mass is 35.5. The Morgan fingerprint density at radius 2 is 1.70 bits per heavy atom. The van der Waals surface area contributed by atoms with Crippen LogP contribution in [0.2, 0.25) is 10.0 Å². The van der Waals surface area contributed by atoms with Crippen LogP contribution in [0.5, 0.6) is 5.75 Å². The molecule has 0 spiro atoms. The van der Waals surface area contributed by atoms with Crippen LogP contribution in [0.1, 0.15) is 30.7 Å². The highest BCUT2D eigenvalue weighted by Crippen LogP contribution is 2.50. The van der Waals surface area contributed by atoms with Crippen molar-refractivity contribution >= 4 is 41.0 Å². The lowest BCUT2D eigenvalue weighted by molar-refractivity contribution is -0.141. The van der Waals surface area contributed by atoms with Gasteiger partial charge in [-0.15, -0.1) is 0 Å². The maximum atomic E-state index is 14.4. The number of amides is 2. The molecule has 2 amide bonds. The first-order chi connectivity index (χ1) is 18.9. The van der Waals surface area contributed by atoms with E-state index in [9.17, 15) is 27.6 Å². The minimum absolute atomic E-state index is 0.113. The number of Topliss-reactive ketones (excluding diaryl/α,β-unsaturated/α-hetero) is 1. The van der Waals surface area contributed by atoms with Crippen molar-refractivity contribution in [1.82, 2.24) is 15.1 Å². The molecule has 12 heteroatoms. The van der Waals surface area contributed by atoms with Crippen molar-refractivity contribution in [2.45, 2.75) is 36.6 Å². The molecule has 2 heterocycles. The van der Waals surface area contributed by atoms with E-state index < -0.39 is 53.5 Å². The van der Waals surface area contributed by atoms with Gasteiger partial charge in [0.15, 0.2) is 5.78 Å². The minimum Gasteiger partial charge on any atom is -0.410 e. The first kappa shape index (κ1) is 28.7. The van der Waals surface area contributed by atoms with Gasteiger partial charge in [0.1, 0.15) is 23.0 Å². The minimum atomic E-state index is -2.95. The summed E-state index contributed by atoms with van der Waals surface area (Å²) in [5, 5.41) is 3.88. The molecule has 0 aromatic heterocycles. The maximum Gasteiger partial charge on any atom is 0.415 e. The molecule has 5 rings (SSSR count). The third-order valence-corrected chi connectivity index (χ3v) is 9.02. The van der Waals surface area contributed by atoms with Crippen molar-refractivity contribution in [1.29, 1.82) is 0 Å². The zero-order valence-electron chi connectivity index (χ0n) is 21.6. The van der Waals surface area contributed by atoms with Gasteiger partial charge in [0.2, 0.25) is 5.91 Å². The fourth-order valence-electron chi connectivity index (χ4n) is 5.85. The summed E-state index contributed by atoms with van der Waals surface area (Å²) in [5.41, 5.74) is -0.702. The lowest BCUT2D eigenvalue weighted by Crippen LogP contribution is -2.62. The van der Waals surface area contributed by atoms with Crippen molar-refractivity contribution < 1.29 is 32.3 Å². The second-order valence-corrected chi connectivity index (χ2v) is 11.5. The molecule has 3 fully saturated rings. The van der Waals surface area contributed by atoms with E-state index in [0.717, 1.165) is 12.1 Å². The van der Waals surface area contributed by atoms with Gasteiger partial charge < -0.3 is 15.0 Å². The Morgan fingerprint density at radius 1 is 1.05 bits per heavy atom. The number of carbonyl (C=O) groups is 3. The summed E-state index contributed by atoms with van der Waals surface area (Å²) >= 11 is 12.4.